The summed E-state index contributed by atoms with van der Waals surface area (Å²) in [5, 5.41) is 28.3. The molecule has 0 saturated heterocycles. The van der Waals surface area contributed by atoms with Crippen molar-refractivity contribution in [2.75, 3.05) is 18.6 Å². The number of nitrogens with two attached hydrogens (primary N) is 2. The lowest BCUT2D eigenvalue weighted by Crippen LogP contribution is -2.57. The normalized spacial score (nSPS) is 13.9. The Kier molecular flexibility index (Phi) is 13.5. The lowest BCUT2D eigenvalue weighted by molar-refractivity contribution is -0.142. The average Bonchev–Trinajstić information content (AvgIpc) is 3.41. The van der Waals surface area contributed by atoms with E-state index in [1.165, 1.54) is 23.9 Å². The van der Waals surface area contributed by atoms with E-state index in [0.29, 0.717) is 30.7 Å². The van der Waals surface area contributed by atoms with Crippen molar-refractivity contribution in [2.45, 2.75) is 62.7 Å². The molecule has 0 bridgehead atoms. The first-order valence-electron chi connectivity index (χ1n) is 14.5. The second-order valence-corrected chi connectivity index (χ2v) is 11.6. The van der Waals surface area contributed by atoms with Crippen LogP contribution < -0.4 is 27.4 Å². The van der Waals surface area contributed by atoms with Crippen LogP contribution in [0.4, 0.5) is 0 Å². The number of aromatic hydroxyl groups is 1. The summed E-state index contributed by atoms with van der Waals surface area (Å²) >= 11 is 1.49. The number of benzene rings is 2. The second kappa shape index (κ2) is 17.3. The number of amides is 3. The number of carboxylic acids is 1. The van der Waals surface area contributed by atoms with Crippen molar-refractivity contribution in [1.29, 1.82) is 0 Å². The molecule has 1 heterocycles. The van der Waals surface area contributed by atoms with Crippen molar-refractivity contribution in [1.82, 2.24) is 20.9 Å². The Hall–Kier alpha value is -4.07. The van der Waals surface area contributed by atoms with E-state index in [0.717, 1.165) is 16.5 Å². The van der Waals surface area contributed by atoms with E-state index in [1.54, 1.807) is 12.1 Å². The summed E-state index contributed by atoms with van der Waals surface area (Å²) in [6, 6.07) is 9.55. The van der Waals surface area contributed by atoms with Gasteiger partial charge in [0.1, 0.15) is 23.9 Å². The molecule has 10 N–H and O–H groups in total. The second-order valence-electron chi connectivity index (χ2n) is 10.6. The van der Waals surface area contributed by atoms with Gasteiger partial charge in [-0.1, -0.05) is 30.3 Å². The third-order valence-corrected chi connectivity index (χ3v) is 7.91. The van der Waals surface area contributed by atoms with Crippen LogP contribution in [0.15, 0.2) is 54.7 Å². The average molecular weight is 627 g/mol. The fourth-order valence-electron chi connectivity index (χ4n) is 4.79. The molecule has 238 valence electrons. The molecule has 13 heteroatoms. The van der Waals surface area contributed by atoms with Crippen molar-refractivity contribution < 1.29 is 29.4 Å². The molecule has 44 heavy (non-hydrogen) atoms. The van der Waals surface area contributed by atoms with Crippen LogP contribution in [-0.4, -0.2) is 81.6 Å². The van der Waals surface area contributed by atoms with Gasteiger partial charge in [-0.25, -0.2) is 4.79 Å². The summed E-state index contributed by atoms with van der Waals surface area (Å²) in [6.07, 6.45) is 5.52. The third kappa shape index (κ3) is 10.3. The van der Waals surface area contributed by atoms with Crippen LogP contribution in [0.2, 0.25) is 0 Å². The molecule has 12 nitrogen and oxygen atoms in total. The maximum Gasteiger partial charge on any atom is 0.326 e. The molecule has 0 aliphatic carbocycles. The molecule has 4 atom stereocenters. The van der Waals surface area contributed by atoms with E-state index in [9.17, 15) is 29.4 Å². The van der Waals surface area contributed by atoms with Crippen LogP contribution in [0, 0.1) is 0 Å². The predicted molar refractivity (Wildman–Crippen MR) is 171 cm³/mol. The van der Waals surface area contributed by atoms with Crippen molar-refractivity contribution in [3.63, 3.8) is 0 Å². The molecule has 4 unspecified atom stereocenters. The van der Waals surface area contributed by atoms with Crippen molar-refractivity contribution in [3.05, 3.63) is 65.9 Å². The number of H-pyrrole nitrogens is 1. The number of aromatic amines is 1. The summed E-state index contributed by atoms with van der Waals surface area (Å²) < 4.78 is 0. The lowest BCUT2D eigenvalue weighted by atomic mass is 10.0. The van der Waals surface area contributed by atoms with Crippen LogP contribution >= 0.6 is 11.8 Å². The first-order chi connectivity index (χ1) is 21.1. The largest absolute Gasteiger partial charge is 0.508 e. The predicted octanol–water partition coefficient (Wildman–Crippen LogP) is 1.41. The molecule has 3 aromatic rings. The fourth-order valence-corrected chi connectivity index (χ4v) is 5.26. The number of carboxylic acid groups (broad SMARTS) is 1. The van der Waals surface area contributed by atoms with Crippen LogP contribution in [0.1, 0.15) is 36.8 Å². The first kappa shape index (κ1) is 34.4. The maximum absolute atomic E-state index is 13.6. The smallest absolute Gasteiger partial charge is 0.326 e. The van der Waals surface area contributed by atoms with Crippen molar-refractivity contribution >= 4 is 46.4 Å². The number of aromatic nitrogens is 1. The minimum Gasteiger partial charge on any atom is -0.508 e. The van der Waals surface area contributed by atoms with Crippen LogP contribution in [0.3, 0.4) is 0 Å². The zero-order valence-electron chi connectivity index (χ0n) is 24.8. The van der Waals surface area contributed by atoms with Crippen LogP contribution in [0.25, 0.3) is 10.9 Å². The number of carbonyl (C=O) groups is 4. The maximum atomic E-state index is 13.6. The van der Waals surface area contributed by atoms with Gasteiger partial charge in [-0.3, -0.25) is 14.4 Å². The van der Waals surface area contributed by atoms with Gasteiger partial charge in [0.05, 0.1) is 6.04 Å². The standard InChI is InChI=1S/C31H42N6O6S/c1-44-15-13-25(35-28(39)23(33)17-20-18-34-24-7-3-2-6-22(20)24)29(40)37-27(16-19-9-11-21(38)12-10-19)30(41)36-26(31(42)43)8-4-5-14-32/h2-3,6-7,9-12,18,23,25-27,34,38H,4-5,8,13-17,32-33H2,1H3,(H,35,39)(H,36,41)(H,37,40)(H,42,43). The lowest BCUT2D eigenvalue weighted by Gasteiger charge is -2.25. The number of rotatable bonds is 18. The number of unbranched alkanes of at least 4 members (excludes halogenated alkanes) is 1. The van der Waals surface area contributed by atoms with E-state index < -0.39 is 47.9 Å². The van der Waals surface area contributed by atoms with E-state index in [4.69, 9.17) is 11.5 Å². The van der Waals surface area contributed by atoms with Gasteiger partial charge in [-0.15, -0.1) is 0 Å². The third-order valence-electron chi connectivity index (χ3n) is 7.27. The van der Waals surface area contributed by atoms with E-state index in [2.05, 4.69) is 20.9 Å². The Labute approximate surface area is 260 Å². The Morgan fingerprint density at radius 2 is 1.52 bits per heavy atom. The molecule has 3 rings (SSSR count). The van der Waals surface area contributed by atoms with E-state index >= 15 is 0 Å². The Morgan fingerprint density at radius 3 is 2.20 bits per heavy atom. The van der Waals surface area contributed by atoms with Crippen molar-refractivity contribution in [3.8, 4) is 5.75 Å². The van der Waals surface area contributed by atoms with Gasteiger partial charge in [0.2, 0.25) is 17.7 Å². The molecule has 0 radical (unpaired) electrons. The molecule has 0 spiro atoms. The van der Waals surface area contributed by atoms with Gasteiger partial charge >= 0.3 is 5.97 Å². The Bertz CT molecular complexity index is 1400. The molecule has 0 fully saturated rings. The molecule has 0 aliphatic rings. The van der Waals surface area contributed by atoms with Gasteiger partial charge in [0.25, 0.3) is 0 Å². The molecule has 2 aromatic carbocycles. The Morgan fingerprint density at radius 1 is 0.864 bits per heavy atom. The van der Waals surface area contributed by atoms with Gasteiger partial charge in [-0.2, -0.15) is 11.8 Å². The summed E-state index contributed by atoms with van der Waals surface area (Å²) in [4.78, 5) is 55.1. The van der Waals surface area contributed by atoms with Gasteiger partial charge in [-0.05, 0) is 80.0 Å². The van der Waals surface area contributed by atoms with E-state index in [1.807, 2.05) is 36.7 Å². The molecule has 0 aliphatic heterocycles. The number of phenolic OH excluding ortho intramolecular Hbond substituents is 1. The summed E-state index contributed by atoms with van der Waals surface area (Å²) in [5.74, 6) is -2.40. The van der Waals surface area contributed by atoms with Gasteiger partial charge < -0.3 is 42.6 Å². The quantitative estimate of drug-likeness (QED) is 0.0957. The topological polar surface area (TPSA) is 213 Å². The monoisotopic (exact) mass is 626 g/mol. The number of thioether (sulfide) groups is 1. The zero-order valence-corrected chi connectivity index (χ0v) is 25.6. The summed E-state index contributed by atoms with van der Waals surface area (Å²) in [7, 11) is 0. The van der Waals surface area contributed by atoms with Gasteiger partial charge in [0, 0.05) is 23.5 Å². The SMILES string of the molecule is CSCCC(NC(=O)C(N)Cc1c[nH]c2ccccc12)C(=O)NC(Cc1ccc(O)cc1)C(=O)NC(CCCCN)C(=O)O. The van der Waals surface area contributed by atoms with E-state index in [-0.39, 0.29) is 31.4 Å². The highest BCUT2D eigenvalue weighted by molar-refractivity contribution is 7.98. The number of carbonyl (C=O) groups excluding carboxylic acids is 3. The van der Waals surface area contributed by atoms with Crippen LogP contribution in [0.5, 0.6) is 5.75 Å². The highest BCUT2D eigenvalue weighted by atomic mass is 32.2. The minimum absolute atomic E-state index is 0.0241. The summed E-state index contributed by atoms with van der Waals surface area (Å²) in [6.45, 7) is 0.397. The van der Waals surface area contributed by atoms with Crippen LogP contribution in [-0.2, 0) is 32.0 Å². The number of para-hydroxylation sites is 1. The number of fused-ring (bicyclic) bond motifs is 1. The Balaban J connectivity index is 1.75. The molecule has 0 saturated carbocycles. The minimum atomic E-state index is -1.20. The molecule has 3 amide bonds. The number of phenols is 1. The summed E-state index contributed by atoms with van der Waals surface area (Å²) in [5.41, 5.74) is 14.2. The van der Waals surface area contributed by atoms with Gasteiger partial charge in [0.15, 0.2) is 0 Å². The number of nitrogens with one attached hydrogen (secondary N) is 4. The number of hydrogen-bond donors (Lipinski definition) is 8. The highest BCUT2D eigenvalue weighted by Crippen LogP contribution is 2.19. The number of hydrogen-bond acceptors (Lipinski definition) is 8. The fraction of sp³-hybridized carbons (Fsp3) is 0.419. The molecular formula is C31H42N6O6S. The number of aliphatic carboxylic acids is 1. The molecular weight excluding hydrogens is 584 g/mol. The molecule has 1 aromatic heterocycles. The van der Waals surface area contributed by atoms with Crippen molar-refractivity contribution in [2.24, 2.45) is 11.5 Å². The highest BCUT2D eigenvalue weighted by Gasteiger charge is 2.30. The zero-order chi connectivity index (χ0) is 32.1. The first-order valence-corrected chi connectivity index (χ1v) is 15.9.